The summed E-state index contributed by atoms with van der Waals surface area (Å²) in [7, 11) is 2.92. The van der Waals surface area contributed by atoms with Gasteiger partial charge in [-0.1, -0.05) is 12.1 Å². The lowest BCUT2D eigenvalue weighted by molar-refractivity contribution is -0.151. The fourth-order valence-corrected chi connectivity index (χ4v) is 1.60. The molecule has 0 aliphatic rings. The Bertz CT molecular complexity index is 531. The topological polar surface area (TPSA) is 75.7 Å². The van der Waals surface area contributed by atoms with E-state index in [-0.39, 0.29) is 24.7 Å². The molecule has 0 aliphatic heterocycles. The summed E-state index contributed by atoms with van der Waals surface area (Å²) in [6, 6.07) is 5.81. The minimum Gasteiger partial charge on any atom is -0.456 e. The van der Waals surface area contributed by atoms with Gasteiger partial charge in [0.1, 0.15) is 5.82 Å². The molecule has 0 spiro atoms. The molecule has 0 unspecified atom stereocenters. The van der Waals surface area contributed by atoms with E-state index in [1.807, 2.05) is 0 Å². The van der Waals surface area contributed by atoms with Crippen LogP contribution in [0.5, 0.6) is 0 Å². The number of aryl methyl sites for hydroxylation is 1. The number of benzene rings is 1. The van der Waals surface area contributed by atoms with Gasteiger partial charge in [0.2, 0.25) is 5.91 Å². The fourth-order valence-electron chi connectivity index (χ4n) is 1.60. The predicted octanol–water partition coefficient (Wildman–Crippen LogP) is 0.506. The summed E-state index contributed by atoms with van der Waals surface area (Å²) >= 11 is 0. The first-order valence-electron chi connectivity index (χ1n) is 6.77. The lowest BCUT2D eigenvalue weighted by atomic mass is 10.1. The monoisotopic (exact) mass is 310 g/mol. The van der Waals surface area contributed by atoms with Gasteiger partial charge in [0.15, 0.2) is 6.61 Å². The van der Waals surface area contributed by atoms with Crippen molar-refractivity contribution in [2.75, 3.05) is 27.2 Å². The number of halogens is 1. The van der Waals surface area contributed by atoms with Gasteiger partial charge >= 0.3 is 5.97 Å². The van der Waals surface area contributed by atoms with Crippen LogP contribution >= 0.6 is 0 Å². The number of carbonyl (C=O) groups is 3. The number of nitrogens with one attached hydrogen (secondary N) is 1. The third kappa shape index (κ3) is 6.34. The molecule has 1 aromatic carbocycles. The molecule has 6 nitrogen and oxygen atoms in total. The Labute approximate surface area is 128 Å². The van der Waals surface area contributed by atoms with Crippen molar-refractivity contribution in [1.82, 2.24) is 10.2 Å². The third-order valence-corrected chi connectivity index (χ3v) is 2.97. The largest absolute Gasteiger partial charge is 0.456 e. The van der Waals surface area contributed by atoms with E-state index in [2.05, 4.69) is 5.32 Å². The van der Waals surface area contributed by atoms with Gasteiger partial charge in [-0.2, -0.15) is 0 Å². The van der Waals surface area contributed by atoms with Crippen LogP contribution in [0.2, 0.25) is 0 Å². The second-order valence-corrected chi connectivity index (χ2v) is 4.71. The highest BCUT2D eigenvalue weighted by Gasteiger charge is 2.14. The van der Waals surface area contributed by atoms with Crippen molar-refractivity contribution in [2.45, 2.75) is 12.8 Å². The molecule has 120 valence electrons. The molecular formula is C15H19FN2O4. The van der Waals surface area contributed by atoms with Gasteiger partial charge in [-0.15, -0.1) is 0 Å². The number of hydrogen-bond acceptors (Lipinski definition) is 4. The maximum absolute atomic E-state index is 12.7. The highest BCUT2D eigenvalue weighted by molar-refractivity contribution is 5.86. The molecule has 0 aromatic heterocycles. The van der Waals surface area contributed by atoms with Crippen LogP contribution in [-0.2, 0) is 25.5 Å². The minimum atomic E-state index is -0.522. The van der Waals surface area contributed by atoms with Crippen LogP contribution in [0.15, 0.2) is 24.3 Å². The zero-order valence-corrected chi connectivity index (χ0v) is 12.6. The molecule has 0 fully saturated rings. The number of likely N-dealkylation sites (N-methyl/N-ethyl adjacent to an activating group) is 2. The molecule has 0 bridgehead atoms. The van der Waals surface area contributed by atoms with Crippen molar-refractivity contribution in [3.8, 4) is 0 Å². The number of carbonyl (C=O) groups excluding carboxylic acids is 3. The Hall–Kier alpha value is -2.44. The first-order valence-corrected chi connectivity index (χ1v) is 6.77. The molecule has 0 saturated carbocycles. The Morgan fingerprint density at radius 1 is 1.23 bits per heavy atom. The van der Waals surface area contributed by atoms with Gasteiger partial charge in [0.05, 0.1) is 6.54 Å². The Balaban J connectivity index is 2.29. The normalized spacial score (nSPS) is 9.95. The van der Waals surface area contributed by atoms with Gasteiger partial charge in [0.25, 0.3) is 5.91 Å². The molecule has 0 atom stereocenters. The molecule has 0 radical (unpaired) electrons. The first-order chi connectivity index (χ1) is 10.4. The van der Waals surface area contributed by atoms with E-state index in [1.165, 1.54) is 31.1 Å². The number of ether oxygens (including phenoxy) is 1. The number of amides is 2. The molecule has 22 heavy (non-hydrogen) atoms. The van der Waals surface area contributed by atoms with E-state index in [4.69, 9.17) is 4.74 Å². The molecule has 1 rings (SSSR count). The smallest absolute Gasteiger partial charge is 0.306 e. The summed E-state index contributed by atoms with van der Waals surface area (Å²) in [5, 5.41) is 2.39. The molecule has 2 amide bonds. The average Bonchev–Trinajstić information content (AvgIpc) is 2.51. The third-order valence-electron chi connectivity index (χ3n) is 2.97. The van der Waals surface area contributed by atoms with Crippen molar-refractivity contribution in [2.24, 2.45) is 0 Å². The second kappa shape index (κ2) is 8.76. The maximum Gasteiger partial charge on any atom is 0.306 e. The van der Waals surface area contributed by atoms with Crippen molar-refractivity contribution in [3.05, 3.63) is 35.6 Å². The Kier molecular flexibility index (Phi) is 7.01. The molecule has 0 saturated heterocycles. The summed E-state index contributed by atoms with van der Waals surface area (Å²) in [5.74, 6) is -1.63. The standard InChI is InChI=1S/C15H19FN2O4/c1-17-13(19)9-18(2)14(20)10-22-15(21)8-5-11-3-6-12(16)7-4-11/h3-4,6-7H,5,8-10H2,1-2H3,(H,17,19). The first kappa shape index (κ1) is 17.6. The predicted molar refractivity (Wildman–Crippen MR) is 77.4 cm³/mol. The van der Waals surface area contributed by atoms with E-state index in [0.29, 0.717) is 6.42 Å². The Morgan fingerprint density at radius 3 is 2.45 bits per heavy atom. The fraction of sp³-hybridized carbons (Fsp3) is 0.400. The van der Waals surface area contributed by atoms with Gasteiger partial charge < -0.3 is 15.0 Å². The highest BCUT2D eigenvalue weighted by Crippen LogP contribution is 2.06. The van der Waals surface area contributed by atoms with Crippen LogP contribution < -0.4 is 5.32 Å². The zero-order valence-electron chi connectivity index (χ0n) is 12.6. The minimum absolute atomic E-state index is 0.0948. The van der Waals surface area contributed by atoms with E-state index >= 15 is 0 Å². The van der Waals surface area contributed by atoms with Crippen LogP contribution in [0, 0.1) is 5.82 Å². The lowest BCUT2D eigenvalue weighted by Crippen LogP contribution is -2.39. The molecule has 0 heterocycles. The summed E-state index contributed by atoms with van der Waals surface area (Å²) in [6.45, 7) is -0.502. The van der Waals surface area contributed by atoms with Gasteiger partial charge in [-0.3, -0.25) is 14.4 Å². The van der Waals surface area contributed by atoms with E-state index in [0.717, 1.165) is 5.56 Å². The maximum atomic E-state index is 12.7. The van der Waals surface area contributed by atoms with Gasteiger partial charge in [0, 0.05) is 20.5 Å². The van der Waals surface area contributed by atoms with E-state index < -0.39 is 18.5 Å². The lowest BCUT2D eigenvalue weighted by Gasteiger charge is -2.15. The van der Waals surface area contributed by atoms with Gasteiger partial charge in [-0.05, 0) is 24.1 Å². The quantitative estimate of drug-likeness (QED) is 0.744. The van der Waals surface area contributed by atoms with Crippen molar-refractivity contribution in [1.29, 1.82) is 0 Å². The Morgan fingerprint density at radius 2 is 1.86 bits per heavy atom. The number of nitrogens with zero attached hydrogens (tertiary/aromatic N) is 1. The SMILES string of the molecule is CNC(=O)CN(C)C(=O)COC(=O)CCc1ccc(F)cc1. The number of esters is 1. The summed E-state index contributed by atoms with van der Waals surface area (Å²) in [5.41, 5.74) is 0.807. The van der Waals surface area contributed by atoms with Crippen LogP contribution in [0.4, 0.5) is 4.39 Å². The summed E-state index contributed by atoms with van der Waals surface area (Å²) in [4.78, 5) is 35.5. The summed E-state index contributed by atoms with van der Waals surface area (Å²) < 4.78 is 17.6. The molecule has 1 N–H and O–H groups in total. The molecular weight excluding hydrogens is 291 g/mol. The number of rotatable bonds is 7. The van der Waals surface area contributed by atoms with Crippen molar-refractivity contribution < 1.29 is 23.5 Å². The highest BCUT2D eigenvalue weighted by atomic mass is 19.1. The summed E-state index contributed by atoms with van der Waals surface area (Å²) in [6.07, 6.45) is 0.499. The van der Waals surface area contributed by atoms with Crippen LogP contribution in [0.3, 0.4) is 0 Å². The molecule has 1 aromatic rings. The zero-order chi connectivity index (χ0) is 16.5. The van der Waals surface area contributed by atoms with Crippen molar-refractivity contribution >= 4 is 17.8 Å². The average molecular weight is 310 g/mol. The van der Waals surface area contributed by atoms with Crippen LogP contribution in [0.1, 0.15) is 12.0 Å². The van der Waals surface area contributed by atoms with Crippen LogP contribution in [-0.4, -0.2) is 49.9 Å². The van der Waals surface area contributed by atoms with Crippen molar-refractivity contribution in [3.63, 3.8) is 0 Å². The van der Waals surface area contributed by atoms with E-state index in [1.54, 1.807) is 12.1 Å². The van der Waals surface area contributed by atoms with Gasteiger partial charge in [-0.25, -0.2) is 4.39 Å². The molecule has 0 aliphatic carbocycles. The second-order valence-electron chi connectivity index (χ2n) is 4.71. The molecule has 7 heteroatoms. The number of hydrogen-bond donors (Lipinski definition) is 1. The van der Waals surface area contributed by atoms with Crippen LogP contribution in [0.25, 0.3) is 0 Å². The van der Waals surface area contributed by atoms with E-state index in [9.17, 15) is 18.8 Å².